The Morgan fingerprint density at radius 3 is 2.67 bits per heavy atom. The molecule has 3 N–H and O–H groups in total. The Kier molecular flexibility index (Phi) is 8.04. The number of alkyl halides is 3. The van der Waals surface area contributed by atoms with Crippen molar-refractivity contribution in [2.75, 3.05) is 6.61 Å². The van der Waals surface area contributed by atoms with Gasteiger partial charge in [-0.25, -0.2) is 0 Å². The highest BCUT2D eigenvalue weighted by Gasteiger charge is 2.51. The molecule has 0 heterocycles. The number of benzene rings is 1. The van der Waals surface area contributed by atoms with Gasteiger partial charge in [0.2, 0.25) is 0 Å². The first-order chi connectivity index (χ1) is 14.0. The second kappa shape index (κ2) is 9.91. The molecule has 4 atom stereocenters. The first-order valence-electron chi connectivity index (χ1n) is 9.68. The summed E-state index contributed by atoms with van der Waals surface area (Å²) in [6.45, 7) is 6.83. The number of nitrogens with one attached hydrogen (secondary N) is 1. The SMILES string of the molecule is C=CCOC1C[C@](OCc2cccc(C(F)(F)F)c2)(C(=O)NC(C)C)C[C@@H](O)[C@H]1O. The van der Waals surface area contributed by atoms with Crippen LogP contribution in [0.2, 0.25) is 0 Å². The van der Waals surface area contributed by atoms with Gasteiger partial charge in [0.1, 0.15) is 6.10 Å². The molecule has 1 fully saturated rings. The minimum atomic E-state index is -4.50. The predicted octanol–water partition coefficient (Wildman–Crippen LogP) is 2.57. The molecule has 1 saturated carbocycles. The predicted molar refractivity (Wildman–Crippen MR) is 103 cm³/mol. The number of aliphatic hydroxyl groups is 2. The number of aliphatic hydroxyl groups excluding tert-OH is 2. The molecule has 2 rings (SSSR count). The van der Waals surface area contributed by atoms with E-state index in [9.17, 15) is 28.2 Å². The molecule has 0 aliphatic heterocycles. The molecular formula is C21H28F3NO5. The summed E-state index contributed by atoms with van der Waals surface area (Å²) < 4.78 is 50.3. The third kappa shape index (κ3) is 6.04. The smallest absolute Gasteiger partial charge is 0.390 e. The van der Waals surface area contributed by atoms with Crippen molar-refractivity contribution in [2.24, 2.45) is 0 Å². The Balaban J connectivity index is 2.29. The van der Waals surface area contributed by atoms with Crippen molar-refractivity contribution in [1.82, 2.24) is 5.32 Å². The van der Waals surface area contributed by atoms with Crippen LogP contribution in [0.15, 0.2) is 36.9 Å². The Hall–Kier alpha value is -1.94. The van der Waals surface area contributed by atoms with E-state index in [0.29, 0.717) is 0 Å². The highest BCUT2D eigenvalue weighted by atomic mass is 19.4. The van der Waals surface area contributed by atoms with Crippen LogP contribution in [0.5, 0.6) is 0 Å². The van der Waals surface area contributed by atoms with E-state index in [1.807, 2.05) is 0 Å². The fraction of sp³-hybridized carbons (Fsp3) is 0.571. The average Bonchev–Trinajstić information content (AvgIpc) is 2.67. The Morgan fingerprint density at radius 1 is 1.37 bits per heavy atom. The lowest BCUT2D eigenvalue weighted by molar-refractivity contribution is -0.196. The molecule has 168 valence electrons. The molecule has 1 unspecified atom stereocenters. The third-order valence-electron chi connectivity index (χ3n) is 4.88. The van der Waals surface area contributed by atoms with E-state index >= 15 is 0 Å². The van der Waals surface area contributed by atoms with Crippen LogP contribution in [0.3, 0.4) is 0 Å². The molecule has 9 heteroatoms. The normalized spacial score (nSPS) is 27.1. The number of amides is 1. The number of carbonyl (C=O) groups is 1. The fourth-order valence-electron chi connectivity index (χ4n) is 3.41. The van der Waals surface area contributed by atoms with Crippen LogP contribution in [0.1, 0.15) is 37.8 Å². The van der Waals surface area contributed by atoms with Gasteiger partial charge < -0.3 is 25.0 Å². The van der Waals surface area contributed by atoms with Gasteiger partial charge in [-0.1, -0.05) is 18.2 Å². The molecule has 6 nitrogen and oxygen atoms in total. The van der Waals surface area contributed by atoms with Crippen LogP contribution < -0.4 is 5.32 Å². The topological polar surface area (TPSA) is 88.0 Å². The molecule has 1 aliphatic rings. The molecule has 1 aliphatic carbocycles. The summed E-state index contributed by atoms with van der Waals surface area (Å²) in [4.78, 5) is 13.0. The molecule has 0 aromatic heterocycles. The van der Waals surface area contributed by atoms with E-state index in [2.05, 4.69) is 11.9 Å². The average molecular weight is 431 g/mol. The molecule has 0 spiro atoms. The van der Waals surface area contributed by atoms with Gasteiger partial charge >= 0.3 is 6.18 Å². The minimum Gasteiger partial charge on any atom is -0.390 e. The first-order valence-corrected chi connectivity index (χ1v) is 9.68. The largest absolute Gasteiger partial charge is 0.416 e. The zero-order valence-corrected chi connectivity index (χ0v) is 17.0. The second-order valence-corrected chi connectivity index (χ2v) is 7.74. The van der Waals surface area contributed by atoms with Gasteiger partial charge in [-0.3, -0.25) is 4.79 Å². The second-order valence-electron chi connectivity index (χ2n) is 7.74. The lowest BCUT2D eigenvalue weighted by Crippen LogP contribution is -2.61. The fourth-order valence-corrected chi connectivity index (χ4v) is 3.41. The molecule has 0 bridgehead atoms. The van der Waals surface area contributed by atoms with Gasteiger partial charge in [-0.2, -0.15) is 13.2 Å². The summed E-state index contributed by atoms with van der Waals surface area (Å²) in [6, 6.07) is 4.39. The standard InChI is InChI=1S/C21H28F3NO5/c1-4-8-29-17-11-20(10-16(26)18(17)27,19(28)25-13(2)3)30-12-14-6-5-7-15(9-14)21(22,23)24/h4-7,9,13,16-18,26-27H,1,8,10-12H2,2-3H3,(H,25,28)/t16-,17?,18-,20+/m1/s1. The quantitative estimate of drug-likeness (QED) is 0.551. The van der Waals surface area contributed by atoms with Crippen LogP contribution in [0.4, 0.5) is 13.2 Å². The van der Waals surface area contributed by atoms with Crippen LogP contribution in [0.25, 0.3) is 0 Å². The van der Waals surface area contributed by atoms with Gasteiger partial charge in [0, 0.05) is 18.9 Å². The van der Waals surface area contributed by atoms with E-state index in [0.717, 1.165) is 12.1 Å². The zero-order valence-electron chi connectivity index (χ0n) is 17.0. The number of ether oxygens (including phenoxy) is 2. The first kappa shape index (κ1) is 24.3. The van der Waals surface area contributed by atoms with E-state index in [-0.39, 0.29) is 37.7 Å². The monoisotopic (exact) mass is 431 g/mol. The van der Waals surface area contributed by atoms with Gasteiger partial charge in [0.05, 0.1) is 31.0 Å². The number of hydrogen-bond donors (Lipinski definition) is 3. The lowest BCUT2D eigenvalue weighted by atomic mass is 9.78. The summed E-state index contributed by atoms with van der Waals surface area (Å²) in [6.07, 6.45) is -6.79. The van der Waals surface area contributed by atoms with E-state index in [1.54, 1.807) is 13.8 Å². The summed E-state index contributed by atoms with van der Waals surface area (Å²) >= 11 is 0. The Labute approximate surface area is 173 Å². The minimum absolute atomic E-state index is 0.0728. The van der Waals surface area contributed by atoms with Crippen molar-refractivity contribution >= 4 is 5.91 Å². The van der Waals surface area contributed by atoms with Gasteiger partial charge in [0.15, 0.2) is 5.60 Å². The zero-order chi connectivity index (χ0) is 22.5. The molecule has 1 aromatic rings. The van der Waals surface area contributed by atoms with Crippen LogP contribution in [0, 0.1) is 0 Å². The summed E-state index contributed by atoms with van der Waals surface area (Å²) in [5, 5.41) is 23.3. The van der Waals surface area contributed by atoms with E-state index < -0.39 is 41.6 Å². The van der Waals surface area contributed by atoms with Crippen molar-refractivity contribution < 1.29 is 37.7 Å². The summed E-state index contributed by atoms with van der Waals surface area (Å²) in [5.74, 6) is -0.525. The number of halogens is 3. The van der Waals surface area contributed by atoms with Crippen LogP contribution in [-0.4, -0.2) is 52.7 Å². The van der Waals surface area contributed by atoms with Crippen molar-refractivity contribution in [2.45, 2.75) is 69.4 Å². The third-order valence-corrected chi connectivity index (χ3v) is 4.88. The van der Waals surface area contributed by atoms with Crippen molar-refractivity contribution in [3.8, 4) is 0 Å². The van der Waals surface area contributed by atoms with E-state index in [4.69, 9.17) is 9.47 Å². The highest BCUT2D eigenvalue weighted by Crippen LogP contribution is 2.36. The van der Waals surface area contributed by atoms with Crippen molar-refractivity contribution in [3.05, 3.63) is 48.0 Å². The maximum Gasteiger partial charge on any atom is 0.416 e. The molecule has 30 heavy (non-hydrogen) atoms. The summed E-state index contributed by atoms with van der Waals surface area (Å²) in [7, 11) is 0. The van der Waals surface area contributed by atoms with Gasteiger partial charge in [0.25, 0.3) is 5.91 Å². The van der Waals surface area contributed by atoms with Gasteiger partial charge in [-0.05, 0) is 31.5 Å². The molecule has 1 amide bonds. The molecule has 0 saturated heterocycles. The molecule has 1 aromatic carbocycles. The summed E-state index contributed by atoms with van der Waals surface area (Å²) in [5.41, 5.74) is -2.18. The van der Waals surface area contributed by atoms with Gasteiger partial charge in [-0.15, -0.1) is 6.58 Å². The Bertz CT molecular complexity index is 740. The molecular weight excluding hydrogens is 403 g/mol. The maximum absolute atomic E-state index is 13.0. The van der Waals surface area contributed by atoms with E-state index in [1.165, 1.54) is 18.2 Å². The van der Waals surface area contributed by atoms with Crippen molar-refractivity contribution in [3.63, 3.8) is 0 Å². The highest BCUT2D eigenvalue weighted by molar-refractivity contribution is 5.85. The lowest BCUT2D eigenvalue weighted by Gasteiger charge is -2.44. The van der Waals surface area contributed by atoms with Crippen LogP contribution in [-0.2, 0) is 27.1 Å². The maximum atomic E-state index is 13.0. The number of carbonyl (C=O) groups excluding carboxylic acids is 1. The van der Waals surface area contributed by atoms with Crippen LogP contribution >= 0.6 is 0 Å². The molecule has 0 radical (unpaired) electrons. The Morgan fingerprint density at radius 2 is 2.07 bits per heavy atom. The number of hydrogen-bond acceptors (Lipinski definition) is 5. The number of rotatable bonds is 8. The van der Waals surface area contributed by atoms with Crippen molar-refractivity contribution in [1.29, 1.82) is 0 Å².